The maximum Gasteiger partial charge on any atom is 0.295 e. The Morgan fingerprint density at radius 3 is 2.12 bits per heavy atom. The monoisotopic (exact) mass is 570 g/mol. The smallest absolute Gasteiger partial charge is 0.295 e. The molecule has 7 nitrogen and oxygen atoms in total. The van der Waals surface area contributed by atoms with Gasteiger partial charge in [-0.05, 0) is 80.0 Å². The van der Waals surface area contributed by atoms with Crippen molar-refractivity contribution in [1.29, 1.82) is 0 Å². The van der Waals surface area contributed by atoms with E-state index in [1.807, 2.05) is 54.6 Å². The molecule has 1 N–H and O–H groups in total. The second-order valence-electron chi connectivity index (χ2n) is 10.4. The molecule has 4 rings (SSSR count). The molecule has 1 amide bonds. The third kappa shape index (κ3) is 7.59. The van der Waals surface area contributed by atoms with E-state index >= 15 is 0 Å². The molecule has 1 saturated heterocycles. The summed E-state index contributed by atoms with van der Waals surface area (Å²) in [6.45, 7) is 10.4. The summed E-state index contributed by atoms with van der Waals surface area (Å²) < 4.78 is 11.7. The first-order valence-electron chi connectivity index (χ1n) is 15.0. The standard InChI is InChI=1S/C35H42N2O5/c1-4-7-24-41-29-18-14-27(15-19-29)32-31(34(39)35(40)37(32)23-11-22-36(5-2)6-3)33(38)28-16-20-30(21-17-28)42-25-26-12-9-8-10-13-26/h8-10,12-21,32,38H,4-7,11,22-25H2,1-3H3. The van der Waals surface area contributed by atoms with Gasteiger partial charge in [-0.3, -0.25) is 9.59 Å². The fourth-order valence-corrected chi connectivity index (χ4v) is 5.15. The molecule has 1 fully saturated rings. The molecule has 42 heavy (non-hydrogen) atoms. The number of unbranched alkanes of at least 4 members (excludes halogenated alkanes) is 1. The number of ether oxygens (including phenoxy) is 2. The number of carbonyl (C=O) groups excluding carboxylic acids is 2. The largest absolute Gasteiger partial charge is 0.507 e. The Kier molecular flexibility index (Phi) is 11.2. The molecular weight excluding hydrogens is 528 g/mol. The van der Waals surface area contributed by atoms with Crippen LogP contribution in [0.1, 0.15) is 62.8 Å². The van der Waals surface area contributed by atoms with Crippen LogP contribution in [0.2, 0.25) is 0 Å². The fraction of sp³-hybridized carbons (Fsp3) is 0.371. The zero-order valence-corrected chi connectivity index (χ0v) is 24.9. The van der Waals surface area contributed by atoms with Crippen LogP contribution >= 0.6 is 0 Å². The van der Waals surface area contributed by atoms with Gasteiger partial charge in [-0.1, -0.05) is 69.7 Å². The number of benzene rings is 3. The van der Waals surface area contributed by atoms with Gasteiger partial charge in [0.2, 0.25) is 0 Å². The van der Waals surface area contributed by atoms with Gasteiger partial charge in [0, 0.05) is 12.1 Å². The SMILES string of the molecule is CCCCOc1ccc(C2C(=C(O)c3ccc(OCc4ccccc4)cc3)C(=O)C(=O)N2CCCN(CC)CC)cc1. The molecule has 1 aliphatic rings. The molecule has 1 aliphatic heterocycles. The van der Waals surface area contributed by atoms with Crippen LogP contribution in [0.15, 0.2) is 84.4 Å². The lowest BCUT2D eigenvalue weighted by Crippen LogP contribution is -2.33. The van der Waals surface area contributed by atoms with Crippen molar-refractivity contribution in [2.45, 2.75) is 52.7 Å². The van der Waals surface area contributed by atoms with Crippen molar-refractivity contribution < 1.29 is 24.2 Å². The highest BCUT2D eigenvalue weighted by Crippen LogP contribution is 2.40. The molecule has 0 saturated carbocycles. The van der Waals surface area contributed by atoms with E-state index in [0.717, 1.165) is 55.8 Å². The van der Waals surface area contributed by atoms with Gasteiger partial charge in [0.1, 0.15) is 23.9 Å². The van der Waals surface area contributed by atoms with E-state index in [1.54, 1.807) is 29.2 Å². The second kappa shape index (κ2) is 15.2. The molecule has 0 aliphatic carbocycles. The Hall–Kier alpha value is -4.10. The van der Waals surface area contributed by atoms with E-state index in [-0.39, 0.29) is 11.3 Å². The maximum atomic E-state index is 13.4. The number of carbonyl (C=O) groups is 2. The van der Waals surface area contributed by atoms with Crippen molar-refractivity contribution in [3.05, 3.63) is 101 Å². The number of rotatable bonds is 15. The Morgan fingerprint density at radius 2 is 1.48 bits per heavy atom. The van der Waals surface area contributed by atoms with Gasteiger partial charge in [-0.15, -0.1) is 0 Å². The van der Waals surface area contributed by atoms with Crippen LogP contribution in [0.4, 0.5) is 0 Å². The normalized spacial score (nSPS) is 16.3. The Balaban J connectivity index is 1.61. The van der Waals surface area contributed by atoms with Gasteiger partial charge in [-0.25, -0.2) is 0 Å². The number of hydrogen-bond acceptors (Lipinski definition) is 6. The highest BCUT2D eigenvalue weighted by molar-refractivity contribution is 6.46. The molecule has 0 radical (unpaired) electrons. The van der Waals surface area contributed by atoms with Gasteiger partial charge < -0.3 is 24.4 Å². The summed E-state index contributed by atoms with van der Waals surface area (Å²) in [5.41, 5.74) is 2.35. The van der Waals surface area contributed by atoms with Crippen LogP contribution < -0.4 is 9.47 Å². The third-order valence-corrected chi connectivity index (χ3v) is 7.65. The number of likely N-dealkylation sites (tertiary alicyclic amines) is 1. The minimum atomic E-state index is -0.694. The fourth-order valence-electron chi connectivity index (χ4n) is 5.15. The first-order chi connectivity index (χ1) is 20.5. The molecule has 3 aromatic rings. The lowest BCUT2D eigenvalue weighted by molar-refractivity contribution is -0.140. The van der Waals surface area contributed by atoms with E-state index in [2.05, 4.69) is 25.7 Å². The van der Waals surface area contributed by atoms with Gasteiger partial charge >= 0.3 is 0 Å². The number of aliphatic hydroxyl groups is 1. The van der Waals surface area contributed by atoms with Gasteiger partial charge in [0.25, 0.3) is 11.7 Å². The highest BCUT2D eigenvalue weighted by atomic mass is 16.5. The quantitative estimate of drug-likeness (QED) is 0.0960. The molecule has 0 aromatic heterocycles. The molecule has 1 atom stereocenters. The van der Waals surface area contributed by atoms with Crippen molar-refractivity contribution >= 4 is 17.4 Å². The van der Waals surface area contributed by atoms with Gasteiger partial charge in [-0.2, -0.15) is 0 Å². The van der Waals surface area contributed by atoms with Crippen LogP contribution in [0.3, 0.4) is 0 Å². The Bertz CT molecular complexity index is 1330. The first-order valence-corrected chi connectivity index (χ1v) is 15.0. The number of nitrogens with zero attached hydrogens (tertiary/aromatic N) is 2. The summed E-state index contributed by atoms with van der Waals surface area (Å²) in [6.07, 6.45) is 2.72. The lowest BCUT2D eigenvalue weighted by atomic mass is 9.95. The molecule has 222 valence electrons. The molecule has 3 aromatic carbocycles. The molecule has 0 spiro atoms. The van der Waals surface area contributed by atoms with Crippen LogP contribution in [-0.2, 0) is 16.2 Å². The number of Topliss-reactive ketones (excluding diaryl/α,β-unsaturated/α-hetero) is 1. The van der Waals surface area contributed by atoms with Crippen molar-refractivity contribution in [2.75, 3.05) is 32.8 Å². The van der Waals surface area contributed by atoms with Gasteiger partial charge in [0.05, 0.1) is 18.2 Å². The number of amides is 1. The third-order valence-electron chi connectivity index (χ3n) is 7.65. The molecular formula is C35H42N2O5. The summed E-state index contributed by atoms with van der Waals surface area (Å²) in [4.78, 5) is 30.6. The lowest BCUT2D eigenvalue weighted by Gasteiger charge is -2.27. The summed E-state index contributed by atoms with van der Waals surface area (Å²) in [6, 6.07) is 23.6. The molecule has 1 unspecified atom stereocenters. The maximum absolute atomic E-state index is 13.4. The zero-order chi connectivity index (χ0) is 29.9. The van der Waals surface area contributed by atoms with E-state index in [4.69, 9.17) is 9.47 Å². The van der Waals surface area contributed by atoms with Crippen molar-refractivity contribution in [3.63, 3.8) is 0 Å². The van der Waals surface area contributed by atoms with Crippen LogP contribution in [0.5, 0.6) is 11.5 Å². The molecule has 7 heteroatoms. The summed E-state index contributed by atoms with van der Waals surface area (Å²) in [5, 5.41) is 11.5. The number of ketones is 1. The van der Waals surface area contributed by atoms with Crippen molar-refractivity contribution in [1.82, 2.24) is 9.80 Å². The predicted octanol–water partition coefficient (Wildman–Crippen LogP) is 6.60. The number of hydrogen-bond donors (Lipinski definition) is 1. The second-order valence-corrected chi connectivity index (χ2v) is 10.4. The van der Waals surface area contributed by atoms with E-state index < -0.39 is 17.7 Å². The van der Waals surface area contributed by atoms with E-state index in [0.29, 0.717) is 31.1 Å². The molecule has 0 bridgehead atoms. The minimum Gasteiger partial charge on any atom is -0.507 e. The van der Waals surface area contributed by atoms with Crippen molar-refractivity contribution in [2.24, 2.45) is 0 Å². The van der Waals surface area contributed by atoms with Crippen LogP contribution in [-0.4, -0.2) is 59.4 Å². The van der Waals surface area contributed by atoms with E-state index in [9.17, 15) is 14.7 Å². The average molecular weight is 571 g/mol. The first kappa shape index (κ1) is 30.8. The van der Waals surface area contributed by atoms with Crippen LogP contribution in [0.25, 0.3) is 5.76 Å². The number of aliphatic hydroxyl groups excluding tert-OH is 1. The Labute approximate surface area is 249 Å². The Morgan fingerprint density at radius 1 is 0.833 bits per heavy atom. The average Bonchev–Trinajstić information content (AvgIpc) is 3.28. The predicted molar refractivity (Wildman–Crippen MR) is 165 cm³/mol. The van der Waals surface area contributed by atoms with Gasteiger partial charge in [0.15, 0.2) is 0 Å². The summed E-state index contributed by atoms with van der Waals surface area (Å²) in [5.74, 6) is -0.0816. The summed E-state index contributed by atoms with van der Waals surface area (Å²) >= 11 is 0. The highest BCUT2D eigenvalue weighted by Gasteiger charge is 2.45. The molecule has 1 heterocycles. The zero-order valence-electron chi connectivity index (χ0n) is 24.9. The van der Waals surface area contributed by atoms with E-state index in [1.165, 1.54) is 0 Å². The minimum absolute atomic E-state index is 0.0976. The van der Waals surface area contributed by atoms with Crippen molar-refractivity contribution in [3.8, 4) is 11.5 Å². The summed E-state index contributed by atoms with van der Waals surface area (Å²) in [7, 11) is 0. The van der Waals surface area contributed by atoms with Crippen LogP contribution in [0, 0.1) is 0 Å². The topological polar surface area (TPSA) is 79.3 Å².